The van der Waals surface area contributed by atoms with Crippen molar-refractivity contribution in [2.24, 2.45) is 7.05 Å². The molecule has 0 spiro atoms. The van der Waals surface area contributed by atoms with Crippen LogP contribution >= 0.6 is 34.2 Å². The van der Waals surface area contributed by atoms with Crippen molar-refractivity contribution in [2.75, 3.05) is 0 Å². The molecule has 0 radical (unpaired) electrons. The molecule has 0 aliphatic rings. The molecule has 1 N–H and O–H groups in total. The summed E-state index contributed by atoms with van der Waals surface area (Å²) in [6, 6.07) is 1.91. The van der Waals surface area contributed by atoms with Crippen LogP contribution in [0.5, 0.6) is 0 Å². The molecule has 0 saturated carbocycles. The standard InChI is InChI=1S/C11H12ClIN4/c1-17-7-10(13)11(16-17)6-15-4-8-2-9(12)5-14-3-8/h2-3,5,7,15H,4,6H2,1H3. The van der Waals surface area contributed by atoms with Gasteiger partial charge in [0.2, 0.25) is 0 Å². The molecule has 0 saturated heterocycles. The Morgan fingerprint density at radius 2 is 2.24 bits per heavy atom. The summed E-state index contributed by atoms with van der Waals surface area (Å²) in [5.74, 6) is 0. The Morgan fingerprint density at radius 1 is 1.41 bits per heavy atom. The summed E-state index contributed by atoms with van der Waals surface area (Å²) in [4.78, 5) is 4.04. The van der Waals surface area contributed by atoms with Gasteiger partial charge >= 0.3 is 0 Å². The van der Waals surface area contributed by atoms with E-state index in [0.717, 1.165) is 24.3 Å². The van der Waals surface area contributed by atoms with Crippen LogP contribution in [-0.4, -0.2) is 14.8 Å². The number of nitrogens with zero attached hydrogens (tertiary/aromatic N) is 3. The number of hydrogen-bond acceptors (Lipinski definition) is 3. The summed E-state index contributed by atoms with van der Waals surface area (Å²) < 4.78 is 2.99. The van der Waals surface area contributed by atoms with Gasteiger partial charge in [0, 0.05) is 38.7 Å². The fourth-order valence-corrected chi connectivity index (χ4v) is 2.40. The van der Waals surface area contributed by atoms with Crippen molar-refractivity contribution >= 4 is 34.2 Å². The molecular weight excluding hydrogens is 351 g/mol. The highest BCUT2D eigenvalue weighted by Gasteiger charge is 2.04. The highest BCUT2D eigenvalue weighted by atomic mass is 127. The van der Waals surface area contributed by atoms with Crippen molar-refractivity contribution < 1.29 is 0 Å². The smallest absolute Gasteiger partial charge is 0.0895 e. The second-order valence-electron chi connectivity index (χ2n) is 3.71. The van der Waals surface area contributed by atoms with Gasteiger partial charge in [0.15, 0.2) is 0 Å². The molecule has 2 heterocycles. The third-order valence-corrected chi connectivity index (χ3v) is 3.35. The quantitative estimate of drug-likeness (QED) is 0.849. The minimum absolute atomic E-state index is 0.664. The minimum Gasteiger partial charge on any atom is -0.307 e. The van der Waals surface area contributed by atoms with E-state index in [-0.39, 0.29) is 0 Å². The molecule has 0 fully saturated rings. The molecular formula is C11H12ClIN4. The Hall–Kier alpha value is -0.660. The number of aromatic nitrogens is 3. The molecule has 4 nitrogen and oxygen atoms in total. The van der Waals surface area contributed by atoms with Gasteiger partial charge in [-0.2, -0.15) is 5.10 Å². The zero-order valence-corrected chi connectivity index (χ0v) is 12.2. The lowest BCUT2D eigenvalue weighted by atomic mass is 10.3. The Labute approximate surface area is 119 Å². The van der Waals surface area contributed by atoms with Gasteiger partial charge in [-0.05, 0) is 34.2 Å². The fraction of sp³-hybridized carbons (Fsp3) is 0.273. The molecule has 0 amide bonds. The van der Waals surface area contributed by atoms with Crippen molar-refractivity contribution in [1.29, 1.82) is 0 Å². The van der Waals surface area contributed by atoms with Crippen LogP contribution in [0.3, 0.4) is 0 Å². The highest BCUT2D eigenvalue weighted by molar-refractivity contribution is 14.1. The van der Waals surface area contributed by atoms with Crippen LogP contribution < -0.4 is 5.32 Å². The Bertz CT molecular complexity index is 512. The van der Waals surface area contributed by atoms with Gasteiger partial charge in [-0.15, -0.1) is 0 Å². The van der Waals surface area contributed by atoms with Gasteiger partial charge in [-0.3, -0.25) is 9.67 Å². The molecule has 0 bridgehead atoms. The van der Waals surface area contributed by atoms with Crippen LogP contribution in [0.15, 0.2) is 24.7 Å². The molecule has 6 heteroatoms. The molecule has 0 atom stereocenters. The number of aryl methyl sites for hydroxylation is 1. The summed E-state index contributed by atoms with van der Waals surface area (Å²) in [5.41, 5.74) is 2.13. The van der Waals surface area contributed by atoms with Crippen LogP contribution in [0.2, 0.25) is 5.02 Å². The van der Waals surface area contributed by atoms with Crippen LogP contribution in [0.4, 0.5) is 0 Å². The topological polar surface area (TPSA) is 42.7 Å². The van der Waals surface area contributed by atoms with Crippen LogP contribution in [0.25, 0.3) is 0 Å². The molecule has 2 aromatic rings. The Morgan fingerprint density at radius 3 is 2.88 bits per heavy atom. The molecule has 0 unspecified atom stereocenters. The normalized spacial score (nSPS) is 10.8. The van der Waals surface area contributed by atoms with E-state index in [1.54, 1.807) is 6.20 Å². The maximum absolute atomic E-state index is 5.86. The van der Waals surface area contributed by atoms with Gasteiger partial charge in [-0.1, -0.05) is 11.6 Å². The SMILES string of the molecule is Cn1cc(I)c(CNCc2cncc(Cl)c2)n1. The number of pyridine rings is 1. The molecule has 0 aliphatic heterocycles. The third kappa shape index (κ3) is 3.65. The summed E-state index contributed by atoms with van der Waals surface area (Å²) in [6.45, 7) is 1.48. The second kappa shape index (κ2) is 5.79. The lowest BCUT2D eigenvalue weighted by Crippen LogP contribution is -2.14. The zero-order valence-electron chi connectivity index (χ0n) is 9.32. The monoisotopic (exact) mass is 362 g/mol. The van der Waals surface area contributed by atoms with Crippen molar-refractivity contribution in [3.8, 4) is 0 Å². The second-order valence-corrected chi connectivity index (χ2v) is 5.31. The van der Waals surface area contributed by atoms with E-state index in [0.29, 0.717) is 5.02 Å². The van der Waals surface area contributed by atoms with Gasteiger partial charge in [0.1, 0.15) is 0 Å². The van der Waals surface area contributed by atoms with Crippen molar-refractivity contribution in [1.82, 2.24) is 20.1 Å². The van der Waals surface area contributed by atoms with Gasteiger partial charge in [-0.25, -0.2) is 0 Å². The van der Waals surface area contributed by atoms with E-state index in [1.807, 2.05) is 30.2 Å². The first-order chi connectivity index (χ1) is 8.15. The molecule has 2 rings (SSSR count). The van der Waals surface area contributed by atoms with Crippen LogP contribution in [0, 0.1) is 3.57 Å². The maximum atomic E-state index is 5.86. The predicted molar refractivity (Wildman–Crippen MR) is 75.7 cm³/mol. The van der Waals surface area contributed by atoms with Crippen LogP contribution in [0.1, 0.15) is 11.3 Å². The predicted octanol–water partition coefficient (Wildman–Crippen LogP) is 2.36. The highest BCUT2D eigenvalue weighted by Crippen LogP contribution is 2.10. The van der Waals surface area contributed by atoms with Crippen LogP contribution in [-0.2, 0) is 20.1 Å². The number of nitrogens with one attached hydrogen (secondary N) is 1. The molecule has 90 valence electrons. The summed E-state index contributed by atoms with van der Waals surface area (Å²) in [5, 5.41) is 8.35. The number of halogens is 2. The van der Waals surface area contributed by atoms with E-state index >= 15 is 0 Å². The van der Waals surface area contributed by atoms with Gasteiger partial charge < -0.3 is 5.32 Å². The zero-order chi connectivity index (χ0) is 12.3. The maximum Gasteiger partial charge on any atom is 0.0895 e. The van der Waals surface area contributed by atoms with Gasteiger partial charge in [0.05, 0.1) is 14.3 Å². The van der Waals surface area contributed by atoms with Crippen molar-refractivity contribution in [2.45, 2.75) is 13.1 Å². The summed E-state index contributed by atoms with van der Waals surface area (Å²) >= 11 is 8.15. The minimum atomic E-state index is 0.664. The summed E-state index contributed by atoms with van der Waals surface area (Å²) in [7, 11) is 1.92. The van der Waals surface area contributed by atoms with Gasteiger partial charge in [0.25, 0.3) is 0 Å². The van der Waals surface area contributed by atoms with E-state index < -0.39 is 0 Å². The summed E-state index contributed by atoms with van der Waals surface area (Å²) in [6.07, 6.45) is 5.44. The van der Waals surface area contributed by atoms with E-state index in [2.05, 4.69) is 38.0 Å². The molecule has 2 aromatic heterocycles. The first-order valence-corrected chi connectivity index (χ1v) is 6.59. The third-order valence-electron chi connectivity index (χ3n) is 2.24. The first kappa shape index (κ1) is 12.8. The van der Waals surface area contributed by atoms with E-state index in [1.165, 1.54) is 3.57 Å². The van der Waals surface area contributed by atoms with Crippen molar-refractivity contribution in [3.63, 3.8) is 0 Å². The average molecular weight is 363 g/mol. The number of rotatable bonds is 4. The van der Waals surface area contributed by atoms with Crippen molar-refractivity contribution in [3.05, 3.63) is 44.5 Å². The molecule has 0 aliphatic carbocycles. The van der Waals surface area contributed by atoms with E-state index in [9.17, 15) is 0 Å². The first-order valence-electron chi connectivity index (χ1n) is 5.13. The fourth-order valence-electron chi connectivity index (χ4n) is 1.50. The number of hydrogen-bond donors (Lipinski definition) is 1. The average Bonchev–Trinajstić information content (AvgIpc) is 2.58. The molecule has 0 aromatic carbocycles. The lowest BCUT2D eigenvalue weighted by Gasteiger charge is -2.03. The van der Waals surface area contributed by atoms with E-state index in [4.69, 9.17) is 11.6 Å². The Kier molecular flexibility index (Phi) is 4.36. The molecule has 17 heavy (non-hydrogen) atoms. The largest absolute Gasteiger partial charge is 0.307 e. The lowest BCUT2D eigenvalue weighted by molar-refractivity contribution is 0.654. The Balaban J connectivity index is 1.89.